The number of alkyl halides is 3. The molecule has 1 rings (SSSR count). The molecule has 1 saturated carbocycles. The molecular weight excluding hydrogens is 217 g/mol. The molecule has 5 heteroatoms. The summed E-state index contributed by atoms with van der Waals surface area (Å²) in [5.41, 5.74) is 5.42. The van der Waals surface area contributed by atoms with Crippen molar-refractivity contribution in [2.75, 3.05) is 13.6 Å². The Balaban J connectivity index is 2.40. The fraction of sp³-hybridized carbons (Fsp3) is 1.00. The maximum absolute atomic E-state index is 12.1. The molecule has 1 atom stereocenters. The van der Waals surface area contributed by atoms with Gasteiger partial charge >= 0.3 is 6.18 Å². The first-order valence-electron chi connectivity index (χ1n) is 5.78. The summed E-state index contributed by atoms with van der Waals surface area (Å²) in [4.78, 5) is 2.16. The number of hydrogen-bond donors (Lipinski definition) is 1. The van der Waals surface area contributed by atoms with Gasteiger partial charge in [-0.15, -0.1) is 0 Å². The van der Waals surface area contributed by atoms with Crippen molar-refractivity contribution in [1.29, 1.82) is 0 Å². The van der Waals surface area contributed by atoms with Crippen LogP contribution in [0, 0.1) is 0 Å². The molecule has 1 unspecified atom stereocenters. The minimum absolute atomic E-state index is 0.161. The van der Waals surface area contributed by atoms with E-state index in [0.29, 0.717) is 19.0 Å². The molecule has 2 nitrogen and oxygen atoms in total. The van der Waals surface area contributed by atoms with Gasteiger partial charge in [0.1, 0.15) is 0 Å². The van der Waals surface area contributed by atoms with Crippen molar-refractivity contribution < 1.29 is 13.2 Å². The Kier molecular flexibility index (Phi) is 4.23. The van der Waals surface area contributed by atoms with Gasteiger partial charge in [-0.25, -0.2) is 0 Å². The lowest BCUT2D eigenvalue weighted by Gasteiger charge is -2.38. The van der Waals surface area contributed by atoms with Crippen LogP contribution in [0.4, 0.5) is 13.2 Å². The molecule has 0 bridgehead atoms. The average molecular weight is 238 g/mol. The summed E-state index contributed by atoms with van der Waals surface area (Å²) >= 11 is 0. The third-order valence-corrected chi connectivity index (χ3v) is 3.56. The number of likely N-dealkylation sites (N-methyl/N-ethyl adjacent to an activating group) is 1. The quantitative estimate of drug-likeness (QED) is 0.770. The maximum Gasteiger partial charge on any atom is 0.389 e. The van der Waals surface area contributed by atoms with Crippen LogP contribution in [0.15, 0.2) is 0 Å². The van der Waals surface area contributed by atoms with E-state index in [1.54, 1.807) is 0 Å². The van der Waals surface area contributed by atoms with Crippen LogP contribution >= 0.6 is 0 Å². The zero-order valence-electron chi connectivity index (χ0n) is 9.98. The molecule has 0 amide bonds. The molecule has 0 aromatic rings. The Hall–Kier alpha value is -0.290. The van der Waals surface area contributed by atoms with Gasteiger partial charge in [-0.3, -0.25) is 4.90 Å². The molecule has 0 aromatic carbocycles. The molecule has 2 N–H and O–H groups in total. The molecule has 16 heavy (non-hydrogen) atoms. The Morgan fingerprint density at radius 2 is 1.81 bits per heavy atom. The highest BCUT2D eigenvalue weighted by Crippen LogP contribution is 2.34. The van der Waals surface area contributed by atoms with Crippen LogP contribution in [-0.2, 0) is 0 Å². The van der Waals surface area contributed by atoms with E-state index in [1.807, 2.05) is 14.0 Å². The molecular formula is C11H21F3N2. The average Bonchev–Trinajstić information content (AvgIpc) is 2.97. The predicted octanol–water partition coefficient (Wildman–Crippen LogP) is 2.53. The van der Waals surface area contributed by atoms with E-state index >= 15 is 0 Å². The van der Waals surface area contributed by atoms with Crippen LogP contribution in [0.1, 0.15) is 39.0 Å². The number of nitrogens with two attached hydrogens (primary N) is 1. The van der Waals surface area contributed by atoms with Gasteiger partial charge in [0.2, 0.25) is 0 Å². The largest absolute Gasteiger partial charge is 0.389 e. The standard InChI is InChI=1S/C11H21F3N2/c1-10(8-15,16(2)9-4-5-9)6-3-7-11(12,13)14/h9H,3-8,15H2,1-2H3. The van der Waals surface area contributed by atoms with Gasteiger partial charge in [-0.1, -0.05) is 0 Å². The van der Waals surface area contributed by atoms with E-state index in [1.165, 1.54) is 0 Å². The van der Waals surface area contributed by atoms with Crippen LogP contribution in [-0.4, -0.2) is 36.2 Å². The normalized spacial score (nSPS) is 21.2. The Morgan fingerprint density at radius 1 is 1.25 bits per heavy atom. The first-order chi connectivity index (χ1) is 7.28. The lowest BCUT2D eigenvalue weighted by Crippen LogP contribution is -2.50. The van der Waals surface area contributed by atoms with E-state index < -0.39 is 12.6 Å². The Bertz CT molecular complexity index is 226. The van der Waals surface area contributed by atoms with Crippen molar-refractivity contribution in [2.45, 2.75) is 56.8 Å². The fourth-order valence-electron chi connectivity index (χ4n) is 1.99. The zero-order valence-corrected chi connectivity index (χ0v) is 9.98. The zero-order chi connectivity index (χ0) is 12.4. The van der Waals surface area contributed by atoms with E-state index in [2.05, 4.69) is 4.90 Å². The SMILES string of the molecule is CN(C1CC1)C(C)(CN)CCCC(F)(F)F. The van der Waals surface area contributed by atoms with E-state index in [9.17, 15) is 13.2 Å². The number of rotatable bonds is 6. The summed E-state index contributed by atoms with van der Waals surface area (Å²) in [6.07, 6.45) is -1.80. The maximum atomic E-state index is 12.1. The van der Waals surface area contributed by atoms with Crippen molar-refractivity contribution in [2.24, 2.45) is 5.73 Å². The molecule has 1 fully saturated rings. The van der Waals surface area contributed by atoms with Gasteiger partial charge in [0.05, 0.1) is 0 Å². The van der Waals surface area contributed by atoms with Gasteiger partial charge in [0.15, 0.2) is 0 Å². The highest BCUT2D eigenvalue weighted by Gasteiger charge is 2.38. The highest BCUT2D eigenvalue weighted by atomic mass is 19.4. The first kappa shape index (κ1) is 13.8. The summed E-state index contributed by atoms with van der Waals surface area (Å²) in [5.74, 6) is 0. The Morgan fingerprint density at radius 3 is 2.19 bits per heavy atom. The highest BCUT2D eigenvalue weighted by molar-refractivity contribution is 4.94. The minimum Gasteiger partial charge on any atom is -0.329 e. The second-order valence-corrected chi connectivity index (χ2v) is 5.01. The van der Waals surface area contributed by atoms with Crippen LogP contribution in [0.3, 0.4) is 0 Å². The fourth-order valence-corrected chi connectivity index (χ4v) is 1.99. The summed E-state index contributed by atoms with van der Waals surface area (Å²) in [5, 5.41) is 0. The number of hydrogen-bond acceptors (Lipinski definition) is 2. The van der Waals surface area contributed by atoms with E-state index in [4.69, 9.17) is 5.73 Å². The topological polar surface area (TPSA) is 29.3 Å². The summed E-state index contributed by atoms with van der Waals surface area (Å²) in [6, 6.07) is 0.527. The third kappa shape index (κ3) is 3.94. The number of halogens is 3. The molecule has 0 aromatic heterocycles. The molecule has 0 saturated heterocycles. The van der Waals surface area contributed by atoms with Crippen molar-refractivity contribution in [3.63, 3.8) is 0 Å². The molecule has 1 aliphatic carbocycles. The molecule has 96 valence electrons. The molecule has 0 spiro atoms. The van der Waals surface area contributed by atoms with Gasteiger partial charge in [0.25, 0.3) is 0 Å². The van der Waals surface area contributed by atoms with Crippen molar-refractivity contribution in [1.82, 2.24) is 4.90 Å². The predicted molar refractivity (Wildman–Crippen MR) is 58.2 cm³/mol. The summed E-state index contributed by atoms with van der Waals surface area (Å²) in [6.45, 7) is 2.37. The molecule has 0 heterocycles. The van der Waals surface area contributed by atoms with E-state index in [0.717, 1.165) is 12.8 Å². The second-order valence-electron chi connectivity index (χ2n) is 5.01. The summed E-state index contributed by atoms with van der Waals surface area (Å²) < 4.78 is 36.2. The van der Waals surface area contributed by atoms with Gasteiger partial charge < -0.3 is 5.73 Å². The molecule has 0 aliphatic heterocycles. The summed E-state index contributed by atoms with van der Waals surface area (Å²) in [7, 11) is 1.97. The van der Waals surface area contributed by atoms with Gasteiger partial charge in [-0.2, -0.15) is 13.2 Å². The second kappa shape index (κ2) is 4.92. The minimum atomic E-state index is -4.05. The lowest BCUT2D eigenvalue weighted by molar-refractivity contribution is -0.136. The van der Waals surface area contributed by atoms with Gasteiger partial charge in [0, 0.05) is 24.5 Å². The van der Waals surface area contributed by atoms with Crippen LogP contribution in [0.5, 0.6) is 0 Å². The number of nitrogens with zero attached hydrogens (tertiary/aromatic N) is 1. The third-order valence-electron chi connectivity index (χ3n) is 3.56. The van der Waals surface area contributed by atoms with Crippen LogP contribution < -0.4 is 5.73 Å². The van der Waals surface area contributed by atoms with Crippen molar-refractivity contribution in [3.8, 4) is 0 Å². The van der Waals surface area contributed by atoms with Crippen molar-refractivity contribution in [3.05, 3.63) is 0 Å². The van der Waals surface area contributed by atoms with Crippen LogP contribution in [0.25, 0.3) is 0 Å². The smallest absolute Gasteiger partial charge is 0.329 e. The van der Waals surface area contributed by atoms with Crippen LogP contribution in [0.2, 0.25) is 0 Å². The van der Waals surface area contributed by atoms with E-state index in [-0.39, 0.29) is 12.0 Å². The monoisotopic (exact) mass is 238 g/mol. The molecule has 1 aliphatic rings. The first-order valence-corrected chi connectivity index (χ1v) is 5.78. The van der Waals surface area contributed by atoms with Crippen molar-refractivity contribution >= 4 is 0 Å². The lowest BCUT2D eigenvalue weighted by atomic mass is 9.93. The molecule has 0 radical (unpaired) electrons. The Labute approximate surface area is 95.0 Å². The van der Waals surface area contributed by atoms with Gasteiger partial charge in [-0.05, 0) is 39.7 Å².